The van der Waals surface area contributed by atoms with E-state index >= 15 is 0 Å². The van der Waals surface area contributed by atoms with E-state index in [0.29, 0.717) is 12.6 Å². The van der Waals surface area contributed by atoms with Crippen molar-refractivity contribution in [2.75, 3.05) is 0 Å². The third-order valence-corrected chi connectivity index (χ3v) is 2.85. The van der Waals surface area contributed by atoms with Crippen molar-refractivity contribution in [2.45, 2.75) is 51.5 Å². The second-order valence-electron chi connectivity index (χ2n) is 4.77. The van der Waals surface area contributed by atoms with Gasteiger partial charge in [-0.05, 0) is 32.8 Å². The predicted octanol–water partition coefficient (Wildman–Crippen LogP) is 1.30. The van der Waals surface area contributed by atoms with Crippen LogP contribution in [0.2, 0.25) is 0 Å². The normalized spacial score (nSPS) is 24.6. The van der Waals surface area contributed by atoms with Gasteiger partial charge in [-0.25, -0.2) is 0 Å². The lowest BCUT2D eigenvalue weighted by atomic mass is 10.1. The van der Waals surface area contributed by atoms with Crippen LogP contribution in [-0.2, 0) is 17.8 Å². The van der Waals surface area contributed by atoms with E-state index in [-0.39, 0.29) is 5.60 Å². The van der Waals surface area contributed by atoms with E-state index in [1.807, 2.05) is 16.9 Å². The Kier molecular flexibility index (Phi) is 2.80. The average molecular weight is 209 g/mol. The number of aromatic nitrogens is 2. The van der Waals surface area contributed by atoms with Crippen molar-refractivity contribution in [3.63, 3.8) is 0 Å². The Bertz CT molecular complexity index is 332. The van der Waals surface area contributed by atoms with E-state index in [0.717, 1.165) is 25.1 Å². The molecule has 84 valence electrons. The van der Waals surface area contributed by atoms with Crippen LogP contribution in [0.15, 0.2) is 12.3 Å². The molecule has 1 atom stereocenters. The van der Waals surface area contributed by atoms with Crippen molar-refractivity contribution in [3.8, 4) is 0 Å². The van der Waals surface area contributed by atoms with Crippen molar-refractivity contribution < 1.29 is 4.74 Å². The first-order valence-electron chi connectivity index (χ1n) is 5.49. The molecule has 1 fully saturated rings. The SMILES string of the molecule is CC1(C)CCC(Cn2ccc(CN)n2)O1. The van der Waals surface area contributed by atoms with Gasteiger partial charge in [0.1, 0.15) is 0 Å². The first-order valence-corrected chi connectivity index (χ1v) is 5.49. The highest BCUT2D eigenvalue weighted by molar-refractivity contribution is 4.98. The third kappa shape index (κ3) is 2.58. The number of rotatable bonds is 3. The molecule has 0 bridgehead atoms. The van der Waals surface area contributed by atoms with E-state index < -0.39 is 0 Å². The summed E-state index contributed by atoms with van der Waals surface area (Å²) in [6, 6.07) is 1.96. The van der Waals surface area contributed by atoms with Crippen LogP contribution in [0.4, 0.5) is 0 Å². The monoisotopic (exact) mass is 209 g/mol. The minimum atomic E-state index is 0.0362. The summed E-state index contributed by atoms with van der Waals surface area (Å²) in [5.41, 5.74) is 6.48. The minimum Gasteiger partial charge on any atom is -0.370 e. The van der Waals surface area contributed by atoms with Gasteiger partial charge in [0.15, 0.2) is 0 Å². The zero-order valence-electron chi connectivity index (χ0n) is 9.44. The molecule has 4 nitrogen and oxygen atoms in total. The molecule has 0 aromatic carbocycles. The fourth-order valence-corrected chi connectivity index (χ4v) is 2.03. The van der Waals surface area contributed by atoms with Gasteiger partial charge in [-0.1, -0.05) is 0 Å². The van der Waals surface area contributed by atoms with Crippen molar-refractivity contribution in [2.24, 2.45) is 5.73 Å². The highest BCUT2D eigenvalue weighted by Gasteiger charge is 2.31. The highest BCUT2D eigenvalue weighted by Crippen LogP contribution is 2.29. The summed E-state index contributed by atoms with van der Waals surface area (Å²) < 4.78 is 7.83. The largest absolute Gasteiger partial charge is 0.370 e. The van der Waals surface area contributed by atoms with Crippen LogP contribution in [0.5, 0.6) is 0 Å². The molecule has 0 saturated carbocycles. The van der Waals surface area contributed by atoms with Crippen LogP contribution in [0.3, 0.4) is 0 Å². The maximum atomic E-state index is 5.90. The number of nitrogens with two attached hydrogens (primary N) is 1. The molecule has 4 heteroatoms. The Labute approximate surface area is 90.4 Å². The zero-order valence-corrected chi connectivity index (χ0v) is 9.44. The van der Waals surface area contributed by atoms with Crippen LogP contribution in [-0.4, -0.2) is 21.5 Å². The Balaban J connectivity index is 1.92. The van der Waals surface area contributed by atoms with E-state index in [9.17, 15) is 0 Å². The molecule has 1 aromatic heterocycles. The fraction of sp³-hybridized carbons (Fsp3) is 0.727. The Hall–Kier alpha value is -0.870. The number of hydrogen-bond donors (Lipinski definition) is 1. The second kappa shape index (κ2) is 3.94. The van der Waals surface area contributed by atoms with Crippen molar-refractivity contribution in [1.82, 2.24) is 9.78 Å². The highest BCUT2D eigenvalue weighted by atomic mass is 16.5. The molecule has 1 aliphatic rings. The summed E-state index contributed by atoms with van der Waals surface area (Å²) in [4.78, 5) is 0. The van der Waals surface area contributed by atoms with Crippen LogP contribution >= 0.6 is 0 Å². The summed E-state index contributed by atoms with van der Waals surface area (Å²) in [5.74, 6) is 0. The molecule has 0 radical (unpaired) electrons. The average Bonchev–Trinajstić information content (AvgIpc) is 2.73. The topological polar surface area (TPSA) is 53.1 Å². The van der Waals surface area contributed by atoms with Gasteiger partial charge in [-0.2, -0.15) is 5.10 Å². The van der Waals surface area contributed by atoms with Gasteiger partial charge in [0.2, 0.25) is 0 Å². The second-order valence-corrected chi connectivity index (χ2v) is 4.77. The van der Waals surface area contributed by atoms with E-state index in [4.69, 9.17) is 10.5 Å². The third-order valence-electron chi connectivity index (χ3n) is 2.85. The van der Waals surface area contributed by atoms with E-state index in [1.165, 1.54) is 0 Å². The standard InChI is InChI=1S/C11H19N3O/c1-11(2)5-3-10(15-11)8-14-6-4-9(7-12)13-14/h4,6,10H,3,5,7-8,12H2,1-2H3. The van der Waals surface area contributed by atoms with Crippen LogP contribution in [0.25, 0.3) is 0 Å². The lowest BCUT2D eigenvalue weighted by Gasteiger charge is -2.19. The molecule has 0 aliphatic carbocycles. The maximum absolute atomic E-state index is 5.90. The molecule has 0 amide bonds. The molecule has 1 unspecified atom stereocenters. The van der Waals surface area contributed by atoms with Gasteiger partial charge in [-0.15, -0.1) is 0 Å². The number of ether oxygens (including phenoxy) is 1. The minimum absolute atomic E-state index is 0.0362. The van der Waals surface area contributed by atoms with Gasteiger partial charge in [0, 0.05) is 12.7 Å². The van der Waals surface area contributed by atoms with Gasteiger partial charge in [0.05, 0.1) is 23.9 Å². The van der Waals surface area contributed by atoms with Crippen molar-refractivity contribution >= 4 is 0 Å². The Morgan fingerprint density at radius 1 is 1.67 bits per heavy atom. The number of hydrogen-bond acceptors (Lipinski definition) is 3. The predicted molar refractivity (Wildman–Crippen MR) is 58.3 cm³/mol. The molecule has 2 heterocycles. The first kappa shape index (κ1) is 10.6. The molecular weight excluding hydrogens is 190 g/mol. The summed E-state index contributed by atoms with van der Waals surface area (Å²) in [7, 11) is 0. The van der Waals surface area contributed by atoms with Crippen LogP contribution in [0, 0.1) is 0 Å². The summed E-state index contributed by atoms with van der Waals surface area (Å²) in [6.45, 7) is 5.62. The quantitative estimate of drug-likeness (QED) is 0.816. The van der Waals surface area contributed by atoms with Crippen LogP contribution < -0.4 is 5.73 Å². The lowest BCUT2D eigenvalue weighted by molar-refractivity contribution is -0.0230. The molecule has 0 spiro atoms. The molecule has 2 rings (SSSR count). The molecule has 2 N–H and O–H groups in total. The molecular formula is C11H19N3O. The smallest absolute Gasteiger partial charge is 0.0779 e. The van der Waals surface area contributed by atoms with Crippen LogP contribution in [0.1, 0.15) is 32.4 Å². The molecule has 15 heavy (non-hydrogen) atoms. The van der Waals surface area contributed by atoms with Gasteiger partial charge < -0.3 is 10.5 Å². The maximum Gasteiger partial charge on any atom is 0.0779 e. The van der Waals surface area contributed by atoms with Crippen molar-refractivity contribution in [3.05, 3.63) is 18.0 Å². The Morgan fingerprint density at radius 2 is 2.47 bits per heavy atom. The van der Waals surface area contributed by atoms with Gasteiger partial charge >= 0.3 is 0 Å². The van der Waals surface area contributed by atoms with E-state index in [1.54, 1.807) is 0 Å². The molecule has 1 saturated heterocycles. The fourth-order valence-electron chi connectivity index (χ4n) is 2.03. The van der Waals surface area contributed by atoms with E-state index in [2.05, 4.69) is 18.9 Å². The summed E-state index contributed by atoms with van der Waals surface area (Å²) in [6.07, 6.45) is 4.51. The first-order chi connectivity index (χ1) is 7.09. The summed E-state index contributed by atoms with van der Waals surface area (Å²) >= 11 is 0. The molecule has 1 aliphatic heterocycles. The Morgan fingerprint density at radius 3 is 3.00 bits per heavy atom. The van der Waals surface area contributed by atoms with Gasteiger partial charge in [-0.3, -0.25) is 4.68 Å². The summed E-state index contributed by atoms with van der Waals surface area (Å²) in [5, 5.41) is 4.35. The van der Waals surface area contributed by atoms with Gasteiger partial charge in [0.25, 0.3) is 0 Å². The van der Waals surface area contributed by atoms with Crippen molar-refractivity contribution in [1.29, 1.82) is 0 Å². The molecule has 1 aromatic rings. The zero-order chi connectivity index (χ0) is 10.9. The lowest BCUT2D eigenvalue weighted by Crippen LogP contribution is -2.23. The number of nitrogens with zero attached hydrogens (tertiary/aromatic N) is 2.